The monoisotopic (exact) mass is 256 g/mol. The van der Waals surface area contributed by atoms with Crippen LogP contribution < -0.4 is 0 Å². The molecule has 0 aliphatic carbocycles. The van der Waals surface area contributed by atoms with Crippen molar-refractivity contribution in [1.82, 2.24) is 4.98 Å². The van der Waals surface area contributed by atoms with Crippen LogP contribution in [0.5, 0.6) is 0 Å². The Morgan fingerprint density at radius 3 is 2.67 bits per heavy atom. The van der Waals surface area contributed by atoms with Crippen molar-refractivity contribution in [2.75, 3.05) is 5.75 Å². The summed E-state index contributed by atoms with van der Waals surface area (Å²) in [4.78, 5) is 8.20. The topological polar surface area (TPSA) is 61.7 Å². The summed E-state index contributed by atoms with van der Waals surface area (Å²) in [5.41, 5.74) is 10.1. The van der Waals surface area contributed by atoms with Crippen molar-refractivity contribution in [3.63, 3.8) is 0 Å². The molecule has 90 valence electrons. The second-order valence-electron chi connectivity index (χ2n) is 3.60. The van der Waals surface area contributed by atoms with Gasteiger partial charge in [-0.2, -0.15) is 0 Å². The third-order valence-corrected chi connectivity index (χ3v) is 3.36. The van der Waals surface area contributed by atoms with Crippen LogP contribution in [0.15, 0.2) is 58.7 Å². The van der Waals surface area contributed by atoms with Crippen molar-refractivity contribution in [3.8, 4) is 0 Å². The van der Waals surface area contributed by atoms with Gasteiger partial charge < -0.3 is 0 Å². The van der Waals surface area contributed by atoms with Crippen LogP contribution in [-0.4, -0.2) is 10.7 Å². The van der Waals surface area contributed by atoms with Gasteiger partial charge in [-0.1, -0.05) is 23.3 Å². The SMILES string of the molecule is [N-]=[N+]=Nc1ccc(SCCc2ccccn2)cc1. The second kappa shape index (κ2) is 6.69. The normalized spacial score (nSPS) is 9.78. The Morgan fingerprint density at radius 2 is 2.00 bits per heavy atom. The van der Waals surface area contributed by atoms with E-state index in [-0.39, 0.29) is 0 Å². The molecule has 0 aliphatic rings. The molecule has 2 aromatic rings. The Labute approximate surface area is 110 Å². The van der Waals surface area contributed by atoms with Gasteiger partial charge in [-0.15, -0.1) is 11.8 Å². The third kappa shape index (κ3) is 3.80. The van der Waals surface area contributed by atoms with Gasteiger partial charge in [0.05, 0.1) is 0 Å². The van der Waals surface area contributed by atoms with Gasteiger partial charge in [0.1, 0.15) is 0 Å². The summed E-state index contributed by atoms with van der Waals surface area (Å²) in [6, 6.07) is 13.5. The van der Waals surface area contributed by atoms with Crippen molar-refractivity contribution in [2.45, 2.75) is 11.3 Å². The molecule has 0 bridgehead atoms. The van der Waals surface area contributed by atoms with Crippen molar-refractivity contribution in [1.29, 1.82) is 0 Å². The Balaban J connectivity index is 1.85. The molecule has 0 radical (unpaired) electrons. The van der Waals surface area contributed by atoms with Gasteiger partial charge in [0.15, 0.2) is 0 Å². The lowest BCUT2D eigenvalue weighted by Gasteiger charge is -2.01. The van der Waals surface area contributed by atoms with E-state index in [2.05, 4.69) is 15.0 Å². The quantitative estimate of drug-likeness (QED) is 0.345. The number of hydrogen-bond acceptors (Lipinski definition) is 3. The summed E-state index contributed by atoms with van der Waals surface area (Å²) >= 11 is 1.77. The molecule has 0 fully saturated rings. The molecule has 18 heavy (non-hydrogen) atoms. The fourth-order valence-corrected chi connectivity index (χ4v) is 2.36. The summed E-state index contributed by atoms with van der Waals surface area (Å²) in [5.74, 6) is 0.984. The molecule has 1 aromatic heterocycles. The molecule has 0 saturated heterocycles. The van der Waals surface area contributed by atoms with Gasteiger partial charge in [0, 0.05) is 33.1 Å². The molecule has 4 nitrogen and oxygen atoms in total. The number of hydrogen-bond donors (Lipinski definition) is 0. The van der Waals surface area contributed by atoms with E-state index >= 15 is 0 Å². The Morgan fingerprint density at radius 1 is 1.17 bits per heavy atom. The van der Waals surface area contributed by atoms with Gasteiger partial charge in [-0.3, -0.25) is 4.98 Å². The summed E-state index contributed by atoms with van der Waals surface area (Å²) in [6.07, 6.45) is 2.76. The van der Waals surface area contributed by atoms with Gasteiger partial charge in [-0.05, 0) is 36.2 Å². The molecule has 0 amide bonds. The first-order chi connectivity index (χ1) is 8.88. The number of rotatable bonds is 5. The van der Waals surface area contributed by atoms with Crippen LogP contribution in [0.2, 0.25) is 0 Å². The lowest BCUT2D eigenvalue weighted by Crippen LogP contribution is -1.91. The number of thioether (sulfide) groups is 1. The predicted molar refractivity (Wildman–Crippen MR) is 73.9 cm³/mol. The smallest absolute Gasteiger partial charge is 0.0411 e. The molecule has 5 heteroatoms. The molecule has 0 N–H and O–H groups in total. The van der Waals surface area contributed by atoms with E-state index in [1.807, 2.05) is 48.7 Å². The number of pyridine rings is 1. The van der Waals surface area contributed by atoms with E-state index in [1.54, 1.807) is 11.8 Å². The molecule has 2 rings (SSSR count). The first-order valence-corrected chi connectivity index (χ1v) is 6.55. The van der Waals surface area contributed by atoms with Gasteiger partial charge >= 0.3 is 0 Å². The van der Waals surface area contributed by atoms with E-state index < -0.39 is 0 Å². The van der Waals surface area contributed by atoms with E-state index in [9.17, 15) is 0 Å². The molecule has 1 heterocycles. The highest BCUT2D eigenvalue weighted by Crippen LogP contribution is 2.22. The van der Waals surface area contributed by atoms with E-state index in [4.69, 9.17) is 5.53 Å². The predicted octanol–water partition coefficient (Wildman–Crippen LogP) is 4.36. The van der Waals surface area contributed by atoms with Crippen LogP contribution in [-0.2, 0) is 6.42 Å². The minimum absolute atomic E-state index is 0.645. The Hall–Kier alpha value is -1.97. The van der Waals surface area contributed by atoms with E-state index in [0.717, 1.165) is 17.9 Å². The molecule has 0 aliphatic heterocycles. The highest BCUT2D eigenvalue weighted by atomic mass is 32.2. The Bertz CT molecular complexity index is 533. The van der Waals surface area contributed by atoms with Gasteiger partial charge in [0.25, 0.3) is 0 Å². The highest BCUT2D eigenvalue weighted by Gasteiger charge is 1.96. The van der Waals surface area contributed by atoms with E-state index in [0.29, 0.717) is 5.69 Å². The number of azide groups is 1. The fraction of sp³-hybridized carbons (Fsp3) is 0.154. The zero-order chi connectivity index (χ0) is 12.6. The molecular weight excluding hydrogens is 244 g/mol. The minimum Gasteiger partial charge on any atom is -0.261 e. The van der Waals surface area contributed by atoms with Gasteiger partial charge in [0.2, 0.25) is 0 Å². The molecule has 0 atom stereocenters. The summed E-state index contributed by atoms with van der Waals surface area (Å²) in [5, 5.41) is 3.54. The second-order valence-corrected chi connectivity index (χ2v) is 4.77. The molecule has 0 spiro atoms. The van der Waals surface area contributed by atoms with Crippen LogP contribution in [0.1, 0.15) is 5.69 Å². The van der Waals surface area contributed by atoms with Crippen LogP contribution in [0, 0.1) is 0 Å². The summed E-state index contributed by atoms with van der Waals surface area (Å²) in [7, 11) is 0. The molecule has 1 aromatic carbocycles. The molecule has 0 saturated carbocycles. The summed E-state index contributed by atoms with van der Waals surface area (Å²) in [6.45, 7) is 0. The van der Waals surface area contributed by atoms with Crippen molar-refractivity contribution in [2.24, 2.45) is 5.11 Å². The highest BCUT2D eigenvalue weighted by molar-refractivity contribution is 7.99. The minimum atomic E-state index is 0.645. The maximum atomic E-state index is 8.30. The fourth-order valence-electron chi connectivity index (χ4n) is 1.48. The number of aryl methyl sites for hydroxylation is 1. The maximum Gasteiger partial charge on any atom is 0.0411 e. The zero-order valence-corrected chi connectivity index (χ0v) is 10.5. The van der Waals surface area contributed by atoms with Crippen LogP contribution in [0.4, 0.5) is 5.69 Å². The molecular formula is C13H12N4S. The summed E-state index contributed by atoms with van der Waals surface area (Å²) < 4.78 is 0. The number of aromatic nitrogens is 1. The van der Waals surface area contributed by atoms with Crippen LogP contribution in [0.3, 0.4) is 0 Å². The van der Waals surface area contributed by atoms with Crippen molar-refractivity contribution >= 4 is 17.4 Å². The average Bonchev–Trinajstić information content (AvgIpc) is 2.42. The van der Waals surface area contributed by atoms with Crippen molar-refractivity contribution < 1.29 is 0 Å². The standard InChI is InChI=1S/C13H12N4S/c14-17-16-12-4-6-13(7-5-12)18-10-8-11-3-1-2-9-15-11/h1-7,9H,8,10H2. The third-order valence-electron chi connectivity index (χ3n) is 2.35. The lowest BCUT2D eigenvalue weighted by atomic mass is 10.3. The van der Waals surface area contributed by atoms with Crippen LogP contribution >= 0.6 is 11.8 Å². The van der Waals surface area contributed by atoms with Crippen LogP contribution in [0.25, 0.3) is 10.4 Å². The zero-order valence-electron chi connectivity index (χ0n) is 9.73. The van der Waals surface area contributed by atoms with E-state index in [1.165, 1.54) is 4.90 Å². The Kier molecular flexibility index (Phi) is 4.64. The maximum absolute atomic E-state index is 8.30. The number of benzene rings is 1. The van der Waals surface area contributed by atoms with Crippen molar-refractivity contribution in [3.05, 3.63) is 64.8 Å². The largest absolute Gasteiger partial charge is 0.261 e. The first-order valence-electron chi connectivity index (χ1n) is 5.56. The van der Waals surface area contributed by atoms with Gasteiger partial charge in [-0.25, -0.2) is 0 Å². The molecule has 0 unspecified atom stereocenters. The first kappa shape index (κ1) is 12.5. The average molecular weight is 256 g/mol. The lowest BCUT2D eigenvalue weighted by molar-refractivity contribution is 1.05. The number of nitrogens with zero attached hydrogens (tertiary/aromatic N) is 4.